The van der Waals surface area contributed by atoms with Gasteiger partial charge in [0.05, 0.1) is 0 Å². The summed E-state index contributed by atoms with van der Waals surface area (Å²) in [6.07, 6.45) is 6.37. The highest BCUT2D eigenvalue weighted by Crippen LogP contribution is 2.34. The monoisotopic (exact) mass is 247 g/mol. The van der Waals surface area contributed by atoms with Gasteiger partial charge in [-0.3, -0.25) is 0 Å². The molecule has 1 aliphatic carbocycles. The number of phenols is 1. The smallest absolute Gasteiger partial charge is 0.115 e. The Hall–Kier alpha value is -1.02. The van der Waals surface area contributed by atoms with E-state index in [4.69, 9.17) is 0 Å². The molecule has 1 aromatic rings. The third-order valence-corrected chi connectivity index (χ3v) is 3.99. The van der Waals surface area contributed by atoms with Crippen molar-refractivity contribution in [2.24, 2.45) is 5.41 Å². The van der Waals surface area contributed by atoms with Gasteiger partial charge in [0.25, 0.3) is 0 Å². The largest absolute Gasteiger partial charge is 0.508 e. The van der Waals surface area contributed by atoms with Gasteiger partial charge in [-0.15, -0.1) is 0 Å². The fourth-order valence-corrected chi connectivity index (χ4v) is 2.96. The van der Waals surface area contributed by atoms with Crippen molar-refractivity contribution >= 4 is 0 Å². The third kappa shape index (κ3) is 4.02. The molecule has 2 N–H and O–H groups in total. The van der Waals surface area contributed by atoms with Gasteiger partial charge in [0, 0.05) is 6.04 Å². The molecule has 2 rings (SSSR count). The van der Waals surface area contributed by atoms with Crippen LogP contribution in [-0.2, 0) is 6.42 Å². The lowest BCUT2D eigenvalue weighted by molar-refractivity contribution is 0.199. The minimum Gasteiger partial charge on any atom is -0.508 e. The van der Waals surface area contributed by atoms with Crippen molar-refractivity contribution < 1.29 is 5.11 Å². The van der Waals surface area contributed by atoms with Gasteiger partial charge in [-0.25, -0.2) is 0 Å². The Kier molecular flexibility index (Phi) is 4.28. The molecule has 1 aromatic carbocycles. The van der Waals surface area contributed by atoms with Crippen molar-refractivity contribution in [1.29, 1.82) is 0 Å². The van der Waals surface area contributed by atoms with Gasteiger partial charge in [-0.05, 0) is 55.3 Å². The second-order valence-corrected chi connectivity index (χ2v) is 6.33. The topological polar surface area (TPSA) is 32.3 Å². The number of hydrogen-bond acceptors (Lipinski definition) is 2. The molecular weight excluding hydrogens is 222 g/mol. The second-order valence-electron chi connectivity index (χ2n) is 6.33. The first-order valence-corrected chi connectivity index (χ1v) is 7.06. The minimum absolute atomic E-state index is 0.348. The van der Waals surface area contributed by atoms with Crippen LogP contribution in [0.1, 0.15) is 45.1 Å². The van der Waals surface area contributed by atoms with Crippen LogP contribution in [0.4, 0.5) is 0 Å². The van der Waals surface area contributed by atoms with E-state index >= 15 is 0 Å². The molecule has 0 aromatic heterocycles. The van der Waals surface area contributed by atoms with Crippen LogP contribution in [0.2, 0.25) is 0 Å². The highest BCUT2D eigenvalue weighted by atomic mass is 16.3. The summed E-state index contributed by atoms with van der Waals surface area (Å²) in [4.78, 5) is 0. The van der Waals surface area contributed by atoms with Crippen LogP contribution < -0.4 is 5.32 Å². The first-order chi connectivity index (χ1) is 8.55. The Morgan fingerprint density at radius 3 is 2.67 bits per heavy atom. The van der Waals surface area contributed by atoms with Crippen LogP contribution >= 0.6 is 0 Å². The summed E-state index contributed by atoms with van der Waals surface area (Å²) >= 11 is 0. The minimum atomic E-state index is 0.348. The molecule has 0 bridgehead atoms. The highest BCUT2D eigenvalue weighted by Gasteiger charge is 2.27. The van der Waals surface area contributed by atoms with Crippen molar-refractivity contribution in [3.8, 4) is 5.75 Å². The van der Waals surface area contributed by atoms with Crippen LogP contribution in [0.25, 0.3) is 0 Å². The summed E-state index contributed by atoms with van der Waals surface area (Å²) < 4.78 is 0. The van der Waals surface area contributed by atoms with E-state index in [2.05, 4.69) is 19.2 Å². The van der Waals surface area contributed by atoms with E-state index in [1.807, 2.05) is 12.1 Å². The quantitative estimate of drug-likeness (QED) is 0.853. The molecule has 1 atom stereocenters. The van der Waals surface area contributed by atoms with Crippen molar-refractivity contribution in [1.82, 2.24) is 5.32 Å². The third-order valence-electron chi connectivity index (χ3n) is 3.99. The maximum atomic E-state index is 9.23. The molecule has 100 valence electrons. The molecule has 0 radical (unpaired) electrons. The summed E-state index contributed by atoms with van der Waals surface area (Å²) in [7, 11) is 0. The lowest BCUT2D eigenvalue weighted by atomic mass is 9.75. The predicted octanol–water partition coefficient (Wildman–Crippen LogP) is 3.49. The van der Waals surface area contributed by atoms with Gasteiger partial charge in [-0.1, -0.05) is 32.4 Å². The summed E-state index contributed by atoms with van der Waals surface area (Å²) in [6, 6.07) is 8.22. The Morgan fingerprint density at radius 2 is 2.00 bits per heavy atom. The van der Waals surface area contributed by atoms with Crippen LogP contribution in [0.15, 0.2) is 24.3 Å². The Morgan fingerprint density at radius 1 is 1.28 bits per heavy atom. The molecule has 18 heavy (non-hydrogen) atoms. The molecule has 1 aliphatic rings. The summed E-state index contributed by atoms with van der Waals surface area (Å²) in [5, 5.41) is 12.9. The van der Waals surface area contributed by atoms with Gasteiger partial charge < -0.3 is 10.4 Å². The van der Waals surface area contributed by atoms with Gasteiger partial charge >= 0.3 is 0 Å². The van der Waals surface area contributed by atoms with E-state index in [9.17, 15) is 5.11 Å². The van der Waals surface area contributed by atoms with Gasteiger partial charge in [0.2, 0.25) is 0 Å². The van der Waals surface area contributed by atoms with Crippen molar-refractivity contribution in [3.63, 3.8) is 0 Å². The summed E-state index contributed by atoms with van der Waals surface area (Å²) in [6.45, 7) is 5.78. The number of aromatic hydroxyl groups is 1. The lowest BCUT2D eigenvalue weighted by Gasteiger charge is -2.35. The Bertz CT molecular complexity index is 369. The van der Waals surface area contributed by atoms with E-state index in [0.29, 0.717) is 17.2 Å². The fourth-order valence-electron chi connectivity index (χ4n) is 2.96. The summed E-state index contributed by atoms with van der Waals surface area (Å²) in [5.74, 6) is 0.348. The molecule has 2 heteroatoms. The highest BCUT2D eigenvalue weighted by molar-refractivity contribution is 5.25. The van der Waals surface area contributed by atoms with Crippen molar-refractivity contribution in [2.75, 3.05) is 6.54 Å². The van der Waals surface area contributed by atoms with E-state index in [-0.39, 0.29) is 0 Å². The number of phenolic OH excluding ortho intramolecular Hbond substituents is 1. The molecule has 0 saturated heterocycles. The van der Waals surface area contributed by atoms with Gasteiger partial charge in [0.1, 0.15) is 5.75 Å². The van der Waals surface area contributed by atoms with Crippen molar-refractivity contribution in [2.45, 2.75) is 52.0 Å². The number of rotatable bonds is 4. The fraction of sp³-hybridized carbons (Fsp3) is 0.625. The maximum Gasteiger partial charge on any atom is 0.115 e. The van der Waals surface area contributed by atoms with Gasteiger partial charge in [0.15, 0.2) is 0 Å². The summed E-state index contributed by atoms with van der Waals surface area (Å²) in [5.41, 5.74) is 1.80. The maximum absolute atomic E-state index is 9.23. The Balaban J connectivity index is 1.73. The SMILES string of the molecule is CC1(C)CCCC(NCCc2ccc(O)cc2)C1. The average molecular weight is 247 g/mol. The van der Waals surface area contributed by atoms with E-state index in [1.165, 1.54) is 31.2 Å². The van der Waals surface area contributed by atoms with Crippen LogP contribution in [0.5, 0.6) is 5.75 Å². The number of hydrogen-bond donors (Lipinski definition) is 2. The van der Waals surface area contributed by atoms with E-state index in [1.54, 1.807) is 12.1 Å². The normalized spacial score (nSPS) is 22.9. The van der Waals surface area contributed by atoms with E-state index < -0.39 is 0 Å². The zero-order chi connectivity index (χ0) is 13.0. The zero-order valence-electron chi connectivity index (χ0n) is 11.6. The van der Waals surface area contributed by atoms with Crippen LogP contribution in [-0.4, -0.2) is 17.7 Å². The van der Waals surface area contributed by atoms with Crippen LogP contribution in [0, 0.1) is 5.41 Å². The number of benzene rings is 1. The number of nitrogens with one attached hydrogen (secondary N) is 1. The molecule has 0 aliphatic heterocycles. The first kappa shape index (κ1) is 13.4. The molecule has 2 nitrogen and oxygen atoms in total. The second kappa shape index (κ2) is 5.75. The molecular formula is C16H25NO. The van der Waals surface area contributed by atoms with E-state index in [0.717, 1.165) is 13.0 Å². The first-order valence-electron chi connectivity index (χ1n) is 7.06. The molecule has 1 unspecified atom stereocenters. The standard InChI is InChI=1S/C16H25NO/c1-16(2)10-3-4-14(12-16)17-11-9-13-5-7-15(18)8-6-13/h5-8,14,17-18H,3-4,9-12H2,1-2H3. The molecule has 0 amide bonds. The molecule has 1 saturated carbocycles. The van der Waals surface area contributed by atoms with Gasteiger partial charge in [-0.2, -0.15) is 0 Å². The predicted molar refractivity (Wildman–Crippen MR) is 75.9 cm³/mol. The average Bonchev–Trinajstić information content (AvgIpc) is 2.30. The van der Waals surface area contributed by atoms with Crippen molar-refractivity contribution in [3.05, 3.63) is 29.8 Å². The Labute approximate surface area is 110 Å². The zero-order valence-corrected chi connectivity index (χ0v) is 11.6. The molecule has 1 fully saturated rings. The molecule has 0 spiro atoms. The van der Waals surface area contributed by atoms with Crippen LogP contribution in [0.3, 0.4) is 0 Å². The molecule has 0 heterocycles. The lowest BCUT2D eigenvalue weighted by Crippen LogP contribution is -2.38.